The molecule has 3 heteroatoms. The van der Waals surface area contributed by atoms with E-state index in [1.165, 1.54) is 38.5 Å². The fraction of sp³-hybridized carbons (Fsp3) is 1.00. The molecule has 1 aliphatic carbocycles. The van der Waals surface area contributed by atoms with Gasteiger partial charge in [-0.15, -0.1) is 0 Å². The summed E-state index contributed by atoms with van der Waals surface area (Å²) in [7, 11) is -0.0145. The van der Waals surface area contributed by atoms with Crippen LogP contribution in [0.25, 0.3) is 0 Å². The quantitative estimate of drug-likeness (QED) is 0.530. The Hall–Kier alpha value is 0.137. The fourth-order valence-electron chi connectivity index (χ4n) is 1.91. The Morgan fingerprint density at radius 3 is 2.14 bits per heavy atom. The van der Waals surface area contributed by atoms with Crippen molar-refractivity contribution in [3.05, 3.63) is 0 Å². The number of hydrogen-bond acceptors (Lipinski definition) is 2. The minimum absolute atomic E-state index is 0.791. The molecule has 1 saturated carbocycles. The van der Waals surface area contributed by atoms with Crippen molar-refractivity contribution in [2.75, 3.05) is 13.7 Å². The van der Waals surface area contributed by atoms with Gasteiger partial charge in [0, 0.05) is 13.7 Å². The second-order valence-electron chi connectivity index (χ2n) is 4.77. The Morgan fingerprint density at radius 2 is 1.64 bits per heavy atom. The highest BCUT2D eigenvalue weighted by atomic mass is 28.4. The first-order valence-corrected chi connectivity index (χ1v) is 8.65. The Morgan fingerprint density at radius 1 is 1.07 bits per heavy atom. The highest BCUT2D eigenvalue weighted by Crippen LogP contribution is 2.23. The van der Waals surface area contributed by atoms with Crippen LogP contribution in [0.1, 0.15) is 38.5 Å². The zero-order valence-corrected chi connectivity index (χ0v) is 10.8. The first-order valence-electron chi connectivity index (χ1n) is 5.83. The minimum Gasteiger partial charge on any atom is -0.398 e. The van der Waals surface area contributed by atoms with E-state index in [0.29, 0.717) is 0 Å². The van der Waals surface area contributed by atoms with Crippen molar-refractivity contribution in [1.82, 2.24) is 0 Å². The van der Waals surface area contributed by atoms with Gasteiger partial charge in [0.1, 0.15) is 0 Å². The summed E-state index contributed by atoms with van der Waals surface area (Å²) in [6.45, 7) is 5.15. The Balaban J connectivity index is 2.22. The molecule has 2 nitrogen and oxygen atoms in total. The first kappa shape index (κ1) is 12.2. The van der Waals surface area contributed by atoms with Gasteiger partial charge in [-0.25, -0.2) is 0 Å². The molecule has 0 heterocycles. The van der Waals surface area contributed by atoms with Gasteiger partial charge in [-0.05, 0) is 31.9 Å². The molecule has 0 aliphatic heterocycles. The van der Waals surface area contributed by atoms with Crippen molar-refractivity contribution in [1.29, 1.82) is 0 Å². The molecule has 0 unspecified atom stereocenters. The van der Waals surface area contributed by atoms with Crippen LogP contribution in [-0.4, -0.2) is 22.3 Å². The van der Waals surface area contributed by atoms with Gasteiger partial charge in [0.15, 0.2) is 0 Å². The van der Waals surface area contributed by atoms with Crippen molar-refractivity contribution in [2.45, 2.75) is 51.6 Å². The Bertz CT molecular complexity index is 151. The molecule has 0 aromatic heterocycles. The summed E-state index contributed by atoms with van der Waals surface area (Å²) in [4.78, 5) is 0. The summed E-state index contributed by atoms with van der Waals surface area (Å²) < 4.78 is 11.3. The maximum absolute atomic E-state index is 5.89. The molecule has 14 heavy (non-hydrogen) atoms. The zero-order valence-electron chi connectivity index (χ0n) is 9.84. The van der Waals surface area contributed by atoms with Crippen molar-refractivity contribution in [2.24, 2.45) is 5.92 Å². The lowest BCUT2D eigenvalue weighted by Gasteiger charge is -2.23. The summed E-state index contributed by atoms with van der Waals surface area (Å²) in [6.07, 6.45) is 8.33. The lowest BCUT2D eigenvalue weighted by molar-refractivity contribution is 0.168. The highest BCUT2D eigenvalue weighted by Gasteiger charge is 2.24. The number of hydrogen-bond donors (Lipinski definition) is 0. The van der Waals surface area contributed by atoms with Gasteiger partial charge in [-0.2, -0.15) is 0 Å². The van der Waals surface area contributed by atoms with Gasteiger partial charge in [-0.1, -0.05) is 25.7 Å². The second-order valence-corrected chi connectivity index (χ2v) is 8.27. The molecule has 84 valence electrons. The second kappa shape index (κ2) is 5.88. The smallest absolute Gasteiger partial charge is 0.331 e. The van der Waals surface area contributed by atoms with Crippen LogP contribution in [0, 0.1) is 5.92 Å². The van der Waals surface area contributed by atoms with E-state index in [1.807, 2.05) is 0 Å². The molecule has 1 aliphatic rings. The lowest BCUT2D eigenvalue weighted by Crippen LogP contribution is -2.35. The molecule has 0 amide bonds. The van der Waals surface area contributed by atoms with Crippen LogP contribution in [0.15, 0.2) is 0 Å². The summed E-state index contributed by atoms with van der Waals surface area (Å²) in [5.74, 6) is 0.791. The molecule has 0 aromatic carbocycles. The van der Waals surface area contributed by atoms with E-state index in [2.05, 4.69) is 13.1 Å². The predicted octanol–water partition coefficient (Wildman–Crippen LogP) is 3.32. The summed E-state index contributed by atoms with van der Waals surface area (Å²) in [5.41, 5.74) is 0. The van der Waals surface area contributed by atoms with Crippen LogP contribution in [0.4, 0.5) is 0 Å². The van der Waals surface area contributed by atoms with Crippen LogP contribution < -0.4 is 0 Å². The van der Waals surface area contributed by atoms with E-state index in [4.69, 9.17) is 8.85 Å². The predicted molar refractivity (Wildman–Crippen MR) is 61.6 cm³/mol. The normalized spacial score (nSPS) is 20.8. The van der Waals surface area contributed by atoms with E-state index in [9.17, 15) is 0 Å². The third-order valence-corrected chi connectivity index (χ3v) is 4.98. The Kier molecular flexibility index (Phi) is 5.13. The third-order valence-electron chi connectivity index (χ3n) is 3.13. The van der Waals surface area contributed by atoms with Crippen LogP contribution in [0.2, 0.25) is 13.1 Å². The molecule has 0 bridgehead atoms. The van der Waals surface area contributed by atoms with Gasteiger partial charge in [0.05, 0.1) is 0 Å². The monoisotopic (exact) mass is 216 g/mol. The van der Waals surface area contributed by atoms with Gasteiger partial charge in [-0.3, -0.25) is 0 Å². The van der Waals surface area contributed by atoms with E-state index in [1.54, 1.807) is 7.11 Å². The zero-order chi connectivity index (χ0) is 10.4. The average Bonchev–Trinajstić information content (AvgIpc) is 2.43. The molecule has 0 spiro atoms. The van der Waals surface area contributed by atoms with Gasteiger partial charge in [0.25, 0.3) is 0 Å². The first-order chi connectivity index (χ1) is 6.64. The van der Waals surface area contributed by atoms with E-state index in [-0.39, 0.29) is 0 Å². The third kappa shape index (κ3) is 4.58. The molecule has 1 fully saturated rings. The Labute approximate surface area is 89.2 Å². The molecule has 1 rings (SSSR count). The van der Waals surface area contributed by atoms with E-state index < -0.39 is 8.56 Å². The van der Waals surface area contributed by atoms with Crippen molar-refractivity contribution >= 4 is 8.56 Å². The van der Waals surface area contributed by atoms with Crippen LogP contribution in [0.3, 0.4) is 0 Å². The topological polar surface area (TPSA) is 18.5 Å². The van der Waals surface area contributed by atoms with Crippen molar-refractivity contribution in [3.63, 3.8) is 0 Å². The van der Waals surface area contributed by atoms with Crippen LogP contribution in [-0.2, 0) is 8.85 Å². The van der Waals surface area contributed by atoms with Gasteiger partial charge in [0.2, 0.25) is 0 Å². The molecule has 0 N–H and O–H groups in total. The van der Waals surface area contributed by atoms with Crippen molar-refractivity contribution < 1.29 is 8.85 Å². The fourth-order valence-corrected chi connectivity index (χ4v) is 2.66. The molecular formula is C11H24O2Si. The van der Waals surface area contributed by atoms with Gasteiger partial charge < -0.3 is 8.85 Å². The lowest BCUT2D eigenvalue weighted by atomic mass is 10.0. The van der Waals surface area contributed by atoms with E-state index in [0.717, 1.165) is 12.5 Å². The molecular weight excluding hydrogens is 192 g/mol. The molecule has 0 atom stereocenters. The summed E-state index contributed by atoms with van der Waals surface area (Å²) >= 11 is 0. The SMILES string of the molecule is CO[Si](C)(C)OCC1CCCCCC1. The number of rotatable bonds is 4. The highest BCUT2D eigenvalue weighted by molar-refractivity contribution is 6.64. The summed E-state index contributed by atoms with van der Waals surface area (Å²) in [6, 6.07) is 0. The van der Waals surface area contributed by atoms with Gasteiger partial charge >= 0.3 is 8.56 Å². The maximum Gasteiger partial charge on any atom is 0.331 e. The average molecular weight is 216 g/mol. The summed E-state index contributed by atoms with van der Waals surface area (Å²) in [5, 5.41) is 0. The standard InChI is InChI=1S/C11H24O2Si/c1-12-14(2,3)13-10-11-8-6-4-5-7-9-11/h11H,4-10H2,1-3H3. The van der Waals surface area contributed by atoms with Crippen molar-refractivity contribution in [3.8, 4) is 0 Å². The van der Waals surface area contributed by atoms with E-state index >= 15 is 0 Å². The molecule has 0 saturated heterocycles. The molecule has 0 radical (unpaired) electrons. The largest absolute Gasteiger partial charge is 0.398 e. The maximum atomic E-state index is 5.89. The van der Waals surface area contributed by atoms with Crippen LogP contribution >= 0.6 is 0 Å². The van der Waals surface area contributed by atoms with Crippen LogP contribution in [0.5, 0.6) is 0 Å². The minimum atomic E-state index is -1.78. The molecule has 0 aromatic rings.